The van der Waals surface area contributed by atoms with Crippen molar-refractivity contribution in [1.29, 1.82) is 0 Å². The third-order valence-electron chi connectivity index (χ3n) is 2.62. The fourth-order valence-corrected chi connectivity index (χ4v) is 1.96. The molecule has 1 aromatic heterocycles. The largest absolute Gasteiger partial charge is 0.387 e. The van der Waals surface area contributed by atoms with Crippen LogP contribution in [-0.4, -0.2) is 10.1 Å². The molecule has 1 atom stereocenters. The first kappa shape index (κ1) is 9.28. The normalized spacial score (nSPS) is 13.4. The quantitative estimate of drug-likeness (QED) is 0.748. The number of fused-ring (bicyclic) bond motifs is 1. The highest BCUT2D eigenvalue weighted by Gasteiger charge is 2.12. The lowest BCUT2D eigenvalue weighted by molar-refractivity contribution is 0.194. The Labute approximate surface area is 83.6 Å². The zero-order valence-corrected chi connectivity index (χ0v) is 8.54. The van der Waals surface area contributed by atoms with Gasteiger partial charge in [0, 0.05) is 16.6 Å². The number of aliphatic hydroxyl groups is 1. The molecule has 1 unspecified atom stereocenters. The van der Waals surface area contributed by atoms with Gasteiger partial charge < -0.3 is 10.1 Å². The fraction of sp³-hybridized carbons (Fsp3) is 0.333. The van der Waals surface area contributed by atoms with E-state index >= 15 is 0 Å². The lowest BCUT2D eigenvalue weighted by Crippen LogP contribution is -1.95. The van der Waals surface area contributed by atoms with Gasteiger partial charge in [-0.05, 0) is 25.0 Å². The van der Waals surface area contributed by atoms with Gasteiger partial charge in [-0.2, -0.15) is 0 Å². The molecule has 0 saturated heterocycles. The molecule has 1 heterocycles. The monoisotopic (exact) mass is 189 g/mol. The Bertz CT molecular complexity index is 443. The third kappa shape index (κ3) is 1.32. The Kier molecular flexibility index (Phi) is 2.30. The Morgan fingerprint density at radius 3 is 2.71 bits per heavy atom. The minimum absolute atomic E-state index is 0.419. The number of para-hydroxylation sites is 1. The molecule has 0 amide bonds. The van der Waals surface area contributed by atoms with Crippen LogP contribution < -0.4 is 0 Å². The summed E-state index contributed by atoms with van der Waals surface area (Å²) >= 11 is 0. The van der Waals surface area contributed by atoms with Crippen molar-refractivity contribution < 1.29 is 5.11 Å². The molecule has 2 heteroatoms. The van der Waals surface area contributed by atoms with E-state index in [0.717, 1.165) is 17.6 Å². The number of aliphatic hydroxyl groups excluding tert-OH is 1. The second-order valence-electron chi connectivity index (χ2n) is 3.59. The number of rotatable bonds is 2. The Hall–Kier alpha value is -1.28. The van der Waals surface area contributed by atoms with Crippen molar-refractivity contribution in [2.75, 3.05) is 0 Å². The zero-order chi connectivity index (χ0) is 10.1. The Morgan fingerprint density at radius 1 is 1.36 bits per heavy atom. The van der Waals surface area contributed by atoms with Gasteiger partial charge in [0.05, 0.1) is 6.10 Å². The lowest BCUT2D eigenvalue weighted by atomic mass is 10.1. The minimum Gasteiger partial charge on any atom is -0.387 e. The number of hydrogen-bond acceptors (Lipinski definition) is 1. The average molecular weight is 189 g/mol. The van der Waals surface area contributed by atoms with Gasteiger partial charge in [0.25, 0.3) is 0 Å². The highest BCUT2D eigenvalue weighted by Crippen LogP contribution is 2.26. The van der Waals surface area contributed by atoms with Crippen LogP contribution in [0, 0.1) is 0 Å². The third-order valence-corrected chi connectivity index (χ3v) is 2.62. The predicted octanol–water partition coefficient (Wildman–Crippen LogP) is 2.78. The summed E-state index contributed by atoms with van der Waals surface area (Å²) in [6.07, 6.45) is 0.530. The SMILES string of the molecule is CCc1c(C(C)O)[nH]c2ccccc12. The van der Waals surface area contributed by atoms with E-state index in [1.54, 1.807) is 6.92 Å². The van der Waals surface area contributed by atoms with Crippen LogP contribution >= 0.6 is 0 Å². The summed E-state index contributed by atoms with van der Waals surface area (Å²) in [7, 11) is 0. The van der Waals surface area contributed by atoms with Crippen LogP contribution in [0.1, 0.15) is 31.2 Å². The number of H-pyrrole nitrogens is 1. The molecule has 0 aliphatic rings. The summed E-state index contributed by atoms with van der Waals surface area (Å²) in [6, 6.07) is 8.17. The van der Waals surface area contributed by atoms with Gasteiger partial charge in [-0.3, -0.25) is 0 Å². The van der Waals surface area contributed by atoms with Gasteiger partial charge in [-0.1, -0.05) is 25.1 Å². The Morgan fingerprint density at radius 2 is 2.07 bits per heavy atom. The average Bonchev–Trinajstić information content (AvgIpc) is 2.56. The molecule has 0 spiro atoms. The first-order valence-electron chi connectivity index (χ1n) is 5.01. The van der Waals surface area contributed by atoms with Crippen molar-refractivity contribution in [1.82, 2.24) is 4.98 Å². The van der Waals surface area contributed by atoms with Gasteiger partial charge in [0.2, 0.25) is 0 Å². The lowest BCUT2D eigenvalue weighted by Gasteiger charge is -2.04. The van der Waals surface area contributed by atoms with E-state index in [1.165, 1.54) is 10.9 Å². The molecule has 2 aromatic rings. The number of aromatic amines is 1. The highest BCUT2D eigenvalue weighted by molar-refractivity contribution is 5.84. The maximum absolute atomic E-state index is 9.61. The smallest absolute Gasteiger partial charge is 0.0912 e. The molecular weight excluding hydrogens is 174 g/mol. The first-order chi connectivity index (χ1) is 6.74. The Balaban J connectivity index is 2.72. The van der Waals surface area contributed by atoms with E-state index in [9.17, 15) is 5.11 Å². The van der Waals surface area contributed by atoms with Gasteiger partial charge in [-0.15, -0.1) is 0 Å². The van der Waals surface area contributed by atoms with Crippen LogP contribution in [0.4, 0.5) is 0 Å². The summed E-state index contributed by atoms with van der Waals surface area (Å²) in [5.74, 6) is 0. The van der Waals surface area contributed by atoms with Crippen molar-refractivity contribution in [3.63, 3.8) is 0 Å². The zero-order valence-electron chi connectivity index (χ0n) is 8.54. The molecule has 0 saturated carbocycles. The molecule has 2 nitrogen and oxygen atoms in total. The molecule has 0 aliphatic heterocycles. The molecular formula is C12H15NO. The van der Waals surface area contributed by atoms with Crippen LogP contribution in [0.25, 0.3) is 10.9 Å². The molecule has 0 fully saturated rings. The van der Waals surface area contributed by atoms with Gasteiger partial charge in [-0.25, -0.2) is 0 Å². The van der Waals surface area contributed by atoms with E-state index in [1.807, 2.05) is 18.2 Å². The van der Waals surface area contributed by atoms with E-state index in [0.29, 0.717) is 0 Å². The molecule has 74 valence electrons. The summed E-state index contributed by atoms with van der Waals surface area (Å²) < 4.78 is 0. The minimum atomic E-state index is -0.419. The van der Waals surface area contributed by atoms with Crippen molar-refractivity contribution in [3.8, 4) is 0 Å². The molecule has 14 heavy (non-hydrogen) atoms. The first-order valence-corrected chi connectivity index (χ1v) is 5.01. The molecule has 1 aromatic carbocycles. The molecule has 2 N–H and O–H groups in total. The van der Waals surface area contributed by atoms with Crippen LogP contribution in [0.15, 0.2) is 24.3 Å². The van der Waals surface area contributed by atoms with Crippen LogP contribution in [0.3, 0.4) is 0 Å². The van der Waals surface area contributed by atoms with Crippen molar-refractivity contribution >= 4 is 10.9 Å². The predicted molar refractivity (Wildman–Crippen MR) is 58.3 cm³/mol. The second-order valence-corrected chi connectivity index (χ2v) is 3.59. The van der Waals surface area contributed by atoms with E-state index in [4.69, 9.17) is 0 Å². The van der Waals surface area contributed by atoms with Gasteiger partial charge >= 0.3 is 0 Å². The number of hydrogen-bond donors (Lipinski definition) is 2. The molecule has 0 aliphatic carbocycles. The van der Waals surface area contributed by atoms with Crippen molar-refractivity contribution in [3.05, 3.63) is 35.5 Å². The number of aromatic nitrogens is 1. The number of aryl methyl sites for hydroxylation is 1. The summed E-state index contributed by atoms with van der Waals surface area (Å²) in [5.41, 5.74) is 3.30. The summed E-state index contributed by atoms with van der Waals surface area (Å²) in [4.78, 5) is 3.26. The van der Waals surface area contributed by atoms with Crippen LogP contribution in [0.2, 0.25) is 0 Å². The summed E-state index contributed by atoms with van der Waals surface area (Å²) in [5, 5.41) is 10.8. The van der Waals surface area contributed by atoms with Crippen molar-refractivity contribution in [2.24, 2.45) is 0 Å². The van der Waals surface area contributed by atoms with E-state index in [2.05, 4.69) is 18.0 Å². The van der Waals surface area contributed by atoms with Gasteiger partial charge in [0.1, 0.15) is 0 Å². The van der Waals surface area contributed by atoms with Crippen molar-refractivity contribution in [2.45, 2.75) is 26.4 Å². The molecule has 2 rings (SSSR count). The van der Waals surface area contributed by atoms with Gasteiger partial charge in [0.15, 0.2) is 0 Å². The van der Waals surface area contributed by atoms with Crippen LogP contribution in [0.5, 0.6) is 0 Å². The van der Waals surface area contributed by atoms with E-state index in [-0.39, 0.29) is 0 Å². The molecule has 0 bridgehead atoms. The summed E-state index contributed by atoms with van der Waals surface area (Å²) in [6.45, 7) is 3.91. The maximum atomic E-state index is 9.61. The number of nitrogens with one attached hydrogen (secondary N) is 1. The molecule has 0 radical (unpaired) electrons. The fourth-order valence-electron chi connectivity index (χ4n) is 1.96. The second kappa shape index (κ2) is 3.46. The standard InChI is InChI=1S/C12H15NO/c1-3-9-10-6-4-5-7-11(10)13-12(9)8(2)14/h4-8,13-14H,3H2,1-2H3. The maximum Gasteiger partial charge on any atom is 0.0912 e. The highest BCUT2D eigenvalue weighted by atomic mass is 16.3. The van der Waals surface area contributed by atoms with E-state index < -0.39 is 6.10 Å². The van der Waals surface area contributed by atoms with Crippen LogP contribution in [-0.2, 0) is 6.42 Å². The topological polar surface area (TPSA) is 36.0 Å². The number of benzene rings is 1.